The molecule has 0 heterocycles. The zero-order chi connectivity index (χ0) is 10.4. The van der Waals surface area contributed by atoms with Crippen molar-refractivity contribution in [1.29, 1.82) is 0 Å². The van der Waals surface area contributed by atoms with Gasteiger partial charge >= 0.3 is 0 Å². The van der Waals surface area contributed by atoms with Gasteiger partial charge in [-0.3, -0.25) is 0 Å². The highest BCUT2D eigenvalue weighted by Crippen LogP contribution is 2.22. The highest BCUT2D eigenvalue weighted by molar-refractivity contribution is 9.10. The average molecular weight is 259 g/mol. The number of rotatable bonds is 5. The minimum absolute atomic E-state index is 0.358. The molecule has 1 aromatic carbocycles. The molecular weight excluding hydrogens is 244 g/mol. The first-order chi connectivity index (χ1) is 6.75. The van der Waals surface area contributed by atoms with Gasteiger partial charge in [-0.05, 0) is 18.1 Å². The van der Waals surface area contributed by atoms with Crippen molar-refractivity contribution in [3.63, 3.8) is 0 Å². The van der Waals surface area contributed by atoms with Gasteiger partial charge in [-0.25, -0.2) is 0 Å². The highest BCUT2D eigenvalue weighted by atomic mass is 79.9. The van der Waals surface area contributed by atoms with E-state index in [2.05, 4.69) is 15.9 Å². The summed E-state index contributed by atoms with van der Waals surface area (Å²) in [6.07, 6.45) is 0.431. The molecule has 0 spiro atoms. The lowest BCUT2D eigenvalue weighted by Gasteiger charge is -2.12. The van der Waals surface area contributed by atoms with Crippen molar-refractivity contribution in [2.75, 3.05) is 13.2 Å². The molecule has 78 valence electrons. The van der Waals surface area contributed by atoms with Gasteiger partial charge in [-0.15, -0.1) is 0 Å². The second kappa shape index (κ2) is 6.17. The number of aliphatic hydroxyl groups is 1. The molecule has 1 atom stereocenters. The first-order valence-corrected chi connectivity index (χ1v) is 5.55. The molecule has 0 aliphatic heterocycles. The van der Waals surface area contributed by atoms with Crippen LogP contribution in [0, 0.1) is 0 Å². The third-order valence-electron chi connectivity index (χ3n) is 1.89. The number of hydrogen-bond donors (Lipinski definition) is 1. The minimum atomic E-state index is -0.544. The maximum atomic E-state index is 9.77. The summed E-state index contributed by atoms with van der Waals surface area (Å²) in [6.45, 7) is 3.10. The Labute approximate surface area is 93.0 Å². The summed E-state index contributed by atoms with van der Waals surface area (Å²) in [5.74, 6) is 0. The predicted octanol–water partition coefficient (Wildman–Crippen LogP) is 2.91. The molecule has 1 rings (SSSR count). The fraction of sp³-hybridized carbons (Fsp3) is 0.455. The van der Waals surface area contributed by atoms with Gasteiger partial charge in [-0.2, -0.15) is 0 Å². The Morgan fingerprint density at radius 1 is 1.43 bits per heavy atom. The van der Waals surface area contributed by atoms with Crippen LogP contribution < -0.4 is 0 Å². The van der Waals surface area contributed by atoms with Crippen molar-refractivity contribution in [3.8, 4) is 0 Å². The van der Waals surface area contributed by atoms with Gasteiger partial charge in [0, 0.05) is 11.1 Å². The van der Waals surface area contributed by atoms with Gasteiger partial charge in [-0.1, -0.05) is 41.1 Å². The zero-order valence-corrected chi connectivity index (χ0v) is 9.83. The average Bonchev–Trinajstić information content (AvgIpc) is 2.18. The Morgan fingerprint density at radius 2 is 2.14 bits per heavy atom. The van der Waals surface area contributed by atoms with Gasteiger partial charge < -0.3 is 9.84 Å². The van der Waals surface area contributed by atoms with Crippen molar-refractivity contribution in [2.45, 2.75) is 19.4 Å². The largest absolute Gasteiger partial charge is 0.386 e. The third kappa shape index (κ3) is 3.40. The Hall–Kier alpha value is -0.380. The third-order valence-corrected chi connectivity index (χ3v) is 2.61. The predicted molar refractivity (Wildman–Crippen MR) is 60.2 cm³/mol. The normalized spacial score (nSPS) is 12.8. The lowest BCUT2D eigenvalue weighted by molar-refractivity contribution is 0.0360. The van der Waals surface area contributed by atoms with Crippen molar-refractivity contribution >= 4 is 15.9 Å². The molecule has 0 aromatic heterocycles. The molecule has 0 aliphatic carbocycles. The summed E-state index contributed by atoms with van der Waals surface area (Å²) < 4.78 is 6.21. The van der Waals surface area contributed by atoms with E-state index in [1.807, 2.05) is 31.2 Å². The second-order valence-corrected chi connectivity index (χ2v) is 3.97. The van der Waals surface area contributed by atoms with Crippen LogP contribution in [0.15, 0.2) is 28.7 Å². The number of benzene rings is 1. The summed E-state index contributed by atoms with van der Waals surface area (Å²) in [5.41, 5.74) is 0.878. The quantitative estimate of drug-likeness (QED) is 0.824. The lowest BCUT2D eigenvalue weighted by Crippen LogP contribution is -2.08. The number of hydrogen-bond acceptors (Lipinski definition) is 2. The summed E-state index contributed by atoms with van der Waals surface area (Å²) >= 11 is 3.39. The Kier molecular flexibility index (Phi) is 5.15. The van der Waals surface area contributed by atoms with E-state index in [1.54, 1.807) is 0 Å². The van der Waals surface area contributed by atoms with E-state index in [0.29, 0.717) is 13.2 Å². The standard InChI is InChI=1S/C11H15BrO2/c1-2-7-14-8-11(13)9-5-3-4-6-10(9)12/h3-6,11,13H,2,7-8H2,1H3. The first kappa shape index (κ1) is 11.7. The Balaban J connectivity index is 2.51. The molecule has 0 fully saturated rings. The maximum absolute atomic E-state index is 9.77. The van der Waals surface area contributed by atoms with Crippen LogP contribution in [0.25, 0.3) is 0 Å². The number of aliphatic hydroxyl groups excluding tert-OH is 1. The van der Waals surface area contributed by atoms with Gasteiger partial charge in [0.05, 0.1) is 6.61 Å². The van der Waals surface area contributed by atoms with Crippen LogP contribution >= 0.6 is 15.9 Å². The van der Waals surface area contributed by atoms with E-state index in [1.165, 1.54) is 0 Å². The van der Waals surface area contributed by atoms with E-state index in [9.17, 15) is 5.11 Å². The van der Waals surface area contributed by atoms with Gasteiger partial charge in [0.25, 0.3) is 0 Å². The molecule has 1 N–H and O–H groups in total. The molecule has 0 saturated heterocycles. The summed E-state index contributed by atoms with van der Waals surface area (Å²) in [6, 6.07) is 7.64. The van der Waals surface area contributed by atoms with Crippen LogP contribution in [0.1, 0.15) is 25.0 Å². The smallest absolute Gasteiger partial charge is 0.103 e. The van der Waals surface area contributed by atoms with E-state index in [0.717, 1.165) is 16.5 Å². The van der Waals surface area contributed by atoms with Crippen LogP contribution in [0.2, 0.25) is 0 Å². The summed E-state index contributed by atoms with van der Waals surface area (Å²) in [4.78, 5) is 0. The number of ether oxygens (including phenoxy) is 1. The maximum Gasteiger partial charge on any atom is 0.103 e. The molecule has 0 saturated carbocycles. The van der Waals surface area contributed by atoms with Crippen LogP contribution in [-0.4, -0.2) is 18.3 Å². The van der Waals surface area contributed by atoms with Crippen molar-refractivity contribution in [2.24, 2.45) is 0 Å². The fourth-order valence-corrected chi connectivity index (χ4v) is 1.72. The van der Waals surface area contributed by atoms with Crippen LogP contribution in [0.5, 0.6) is 0 Å². The van der Waals surface area contributed by atoms with E-state index < -0.39 is 6.10 Å². The van der Waals surface area contributed by atoms with E-state index in [-0.39, 0.29) is 0 Å². The molecular formula is C11H15BrO2. The van der Waals surface area contributed by atoms with Crippen LogP contribution in [0.4, 0.5) is 0 Å². The minimum Gasteiger partial charge on any atom is -0.386 e. The van der Waals surface area contributed by atoms with Crippen LogP contribution in [0.3, 0.4) is 0 Å². The second-order valence-electron chi connectivity index (χ2n) is 3.11. The molecule has 0 radical (unpaired) electrons. The summed E-state index contributed by atoms with van der Waals surface area (Å²) in [7, 11) is 0. The van der Waals surface area contributed by atoms with Crippen molar-refractivity contribution in [1.82, 2.24) is 0 Å². The lowest BCUT2D eigenvalue weighted by atomic mass is 10.1. The summed E-state index contributed by atoms with van der Waals surface area (Å²) in [5, 5.41) is 9.77. The highest BCUT2D eigenvalue weighted by Gasteiger charge is 2.09. The molecule has 0 amide bonds. The Morgan fingerprint density at radius 3 is 2.79 bits per heavy atom. The molecule has 14 heavy (non-hydrogen) atoms. The Bertz CT molecular complexity index is 276. The van der Waals surface area contributed by atoms with Crippen LogP contribution in [-0.2, 0) is 4.74 Å². The molecule has 1 unspecified atom stereocenters. The topological polar surface area (TPSA) is 29.5 Å². The van der Waals surface area contributed by atoms with Gasteiger partial charge in [0.2, 0.25) is 0 Å². The molecule has 0 bridgehead atoms. The SMILES string of the molecule is CCCOCC(O)c1ccccc1Br. The fourth-order valence-electron chi connectivity index (χ4n) is 1.17. The van der Waals surface area contributed by atoms with E-state index in [4.69, 9.17) is 4.74 Å². The number of halogens is 1. The molecule has 2 nitrogen and oxygen atoms in total. The molecule has 3 heteroatoms. The first-order valence-electron chi connectivity index (χ1n) is 4.76. The van der Waals surface area contributed by atoms with Gasteiger partial charge in [0.1, 0.15) is 6.10 Å². The van der Waals surface area contributed by atoms with E-state index >= 15 is 0 Å². The molecule has 1 aromatic rings. The molecule has 0 aliphatic rings. The van der Waals surface area contributed by atoms with Crippen molar-refractivity contribution < 1.29 is 9.84 Å². The van der Waals surface area contributed by atoms with Crippen molar-refractivity contribution in [3.05, 3.63) is 34.3 Å². The zero-order valence-electron chi connectivity index (χ0n) is 8.24. The monoisotopic (exact) mass is 258 g/mol. The van der Waals surface area contributed by atoms with Gasteiger partial charge in [0.15, 0.2) is 0 Å².